The zero-order chi connectivity index (χ0) is 15.3. The third-order valence-electron chi connectivity index (χ3n) is 2.65. The van der Waals surface area contributed by atoms with E-state index in [1.165, 1.54) is 10.9 Å². The number of likely N-dealkylation sites (N-methyl/N-ethyl adjacent to an activating group) is 1. The third-order valence-corrected chi connectivity index (χ3v) is 3.02. The number of hydrogen-bond donors (Lipinski definition) is 2. The Morgan fingerprint density at radius 3 is 2.80 bits per heavy atom. The Morgan fingerprint density at radius 2 is 2.25 bits per heavy atom. The van der Waals surface area contributed by atoms with Crippen molar-refractivity contribution in [2.24, 2.45) is 5.73 Å². The average molecular weight is 302 g/mol. The number of nitrogens with one attached hydrogen (secondary N) is 1. The number of hydrogen-bond acceptors (Lipinski definition) is 5. The predicted octanol–water partition coefficient (Wildman–Crippen LogP) is 0.134. The van der Waals surface area contributed by atoms with Crippen LogP contribution in [0.1, 0.15) is 13.3 Å². The monoisotopic (exact) mass is 301 g/mol. The lowest BCUT2D eigenvalue weighted by atomic mass is 10.2. The summed E-state index contributed by atoms with van der Waals surface area (Å²) in [7, 11) is 3.82. The number of halogens is 1. The smallest absolute Gasteiger partial charge is 0.287 e. The number of nitrogens with zero attached hydrogens (tertiary/aromatic N) is 3. The Kier molecular flexibility index (Phi) is 5.97. The first-order valence-corrected chi connectivity index (χ1v) is 6.64. The summed E-state index contributed by atoms with van der Waals surface area (Å²) in [6, 6.07) is -0.219. The molecule has 1 unspecified atom stereocenters. The number of rotatable bonds is 7. The summed E-state index contributed by atoms with van der Waals surface area (Å²) < 4.78 is 1.31. The first-order chi connectivity index (χ1) is 9.31. The molecule has 7 nitrogen and oxygen atoms in total. The van der Waals surface area contributed by atoms with Crippen molar-refractivity contribution >= 4 is 23.2 Å². The molecular formula is C12H20ClN5O2. The lowest BCUT2D eigenvalue weighted by Crippen LogP contribution is -2.30. The molecule has 1 heterocycles. The van der Waals surface area contributed by atoms with Crippen LogP contribution in [0.3, 0.4) is 0 Å². The Labute approximate surface area is 122 Å². The second kappa shape index (κ2) is 7.25. The quantitative estimate of drug-likeness (QED) is 0.747. The van der Waals surface area contributed by atoms with E-state index < -0.39 is 5.91 Å². The van der Waals surface area contributed by atoms with Crippen molar-refractivity contribution in [3.63, 3.8) is 0 Å². The molecule has 20 heavy (non-hydrogen) atoms. The molecule has 0 saturated carbocycles. The molecule has 0 radical (unpaired) electrons. The SMILES string of the molecule is CC(CC(N)=O)Nc1cnn(CCN(C)C)c(=O)c1Cl. The molecule has 0 aliphatic heterocycles. The molecule has 1 atom stereocenters. The molecule has 3 N–H and O–H groups in total. The van der Waals surface area contributed by atoms with Crippen LogP contribution in [-0.2, 0) is 11.3 Å². The third kappa shape index (κ3) is 4.82. The summed E-state index contributed by atoms with van der Waals surface area (Å²) in [6.45, 7) is 2.93. The van der Waals surface area contributed by atoms with Crippen molar-refractivity contribution in [3.05, 3.63) is 21.6 Å². The molecular weight excluding hydrogens is 282 g/mol. The van der Waals surface area contributed by atoms with Crippen LogP contribution in [0.4, 0.5) is 5.69 Å². The highest BCUT2D eigenvalue weighted by molar-refractivity contribution is 6.32. The number of carbonyl (C=O) groups excluding carboxylic acids is 1. The summed E-state index contributed by atoms with van der Waals surface area (Å²) in [5.41, 5.74) is 5.16. The highest BCUT2D eigenvalue weighted by Crippen LogP contribution is 2.16. The van der Waals surface area contributed by atoms with Crippen molar-refractivity contribution < 1.29 is 4.79 Å². The second-order valence-corrected chi connectivity index (χ2v) is 5.30. The van der Waals surface area contributed by atoms with Gasteiger partial charge in [0.2, 0.25) is 5.91 Å². The molecule has 0 saturated heterocycles. The van der Waals surface area contributed by atoms with Gasteiger partial charge >= 0.3 is 0 Å². The minimum absolute atomic E-state index is 0.0649. The minimum atomic E-state index is -0.423. The van der Waals surface area contributed by atoms with Gasteiger partial charge in [-0.1, -0.05) is 11.6 Å². The van der Waals surface area contributed by atoms with E-state index in [9.17, 15) is 9.59 Å². The largest absolute Gasteiger partial charge is 0.379 e. The van der Waals surface area contributed by atoms with E-state index in [2.05, 4.69) is 10.4 Å². The minimum Gasteiger partial charge on any atom is -0.379 e. The van der Waals surface area contributed by atoms with E-state index in [0.29, 0.717) is 18.8 Å². The van der Waals surface area contributed by atoms with Crippen LogP contribution >= 0.6 is 11.6 Å². The molecule has 0 bridgehead atoms. The summed E-state index contributed by atoms with van der Waals surface area (Å²) in [4.78, 5) is 24.8. The topological polar surface area (TPSA) is 93.2 Å². The zero-order valence-electron chi connectivity index (χ0n) is 11.9. The van der Waals surface area contributed by atoms with Crippen LogP contribution in [-0.4, -0.2) is 47.3 Å². The fraction of sp³-hybridized carbons (Fsp3) is 0.583. The summed E-state index contributed by atoms with van der Waals surface area (Å²) >= 11 is 6.03. The van der Waals surface area contributed by atoms with Crippen LogP contribution < -0.4 is 16.6 Å². The Morgan fingerprint density at radius 1 is 1.60 bits per heavy atom. The molecule has 112 valence electrons. The maximum absolute atomic E-state index is 12.0. The lowest BCUT2D eigenvalue weighted by Gasteiger charge is -2.15. The number of nitrogens with two attached hydrogens (primary N) is 1. The Bertz CT molecular complexity index is 529. The van der Waals surface area contributed by atoms with Crippen molar-refractivity contribution in [3.8, 4) is 0 Å². The second-order valence-electron chi connectivity index (χ2n) is 4.92. The Balaban J connectivity index is 2.83. The fourth-order valence-electron chi connectivity index (χ4n) is 1.64. The number of carbonyl (C=O) groups is 1. The van der Waals surface area contributed by atoms with Crippen LogP contribution in [0.25, 0.3) is 0 Å². The van der Waals surface area contributed by atoms with Gasteiger partial charge in [-0.3, -0.25) is 9.59 Å². The van der Waals surface area contributed by atoms with Crippen molar-refractivity contribution in [2.75, 3.05) is 26.0 Å². The average Bonchev–Trinajstić information content (AvgIpc) is 2.33. The molecule has 8 heteroatoms. The molecule has 0 aliphatic rings. The maximum Gasteiger partial charge on any atom is 0.287 e. The molecule has 0 fully saturated rings. The summed E-state index contributed by atoms with van der Waals surface area (Å²) in [6.07, 6.45) is 1.64. The molecule has 1 rings (SSSR count). The van der Waals surface area contributed by atoms with E-state index in [4.69, 9.17) is 17.3 Å². The molecule has 1 aromatic heterocycles. The first-order valence-electron chi connectivity index (χ1n) is 6.26. The molecule has 0 spiro atoms. The highest BCUT2D eigenvalue weighted by atomic mass is 35.5. The van der Waals surface area contributed by atoms with Gasteiger partial charge in [0, 0.05) is 19.0 Å². The first kappa shape index (κ1) is 16.5. The number of amides is 1. The van der Waals surface area contributed by atoms with Crippen LogP contribution in [0, 0.1) is 0 Å². The van der Waals surface area contributed by atoms with E-state index in [1.54, 1.807) is 6.92 Å². The van der Waals surface area contributed by atoms with Gasteiger partial charge in [-0.05, 0) is 21.0 Å². The van der Waals surface area contributed by atoms with E-state index in [0.717, 1.165) is 0 Å². The number of aromatic nitrogens is 2. The standard InChI is InChI=1S/C12H20ClN5O2/c1-8(6-10(14)19)16-9-7-15-18(5-4-17(2)3)12(20)11(9)13/h7-8,16H,4-6H2,1-3H3,(H2,14,19). The van der Waals surface area contributed by atoms with Gasteiger partial charge in [0.1, 0.15) is 5.02 Å². The summed E-state index contributed by atoms with van der Waals surface area (Å²) in [5.74, 6) is -0.423. The van der Waals surface area contributed by atoms with Crippen LogP contribution in [0.5, 0.6) is 0 Å². The predicted molar refractivity (Wildman–Crippen MR) is 79.0 cm³/mol. The molecule has 0 aliphatic carbocycles. The zero-order valence-corrected chi connectivity index (χ0v) is 12.6. The van der Waals surface area contributed by atoms with Crippen molar-refractivity contribution in [1.29, 1.82) is 0 Å². The highest BCUT2D eigenvalue weighted by Gasteiger charge is 2.12. The molecule has 0 aromatic carbocycles. The summed E-state index contributed by atoms with van der Waals surface area (Å²) in [5, 5.41) is 7.08. The van der Waals surface area contributed by atoms with Gasteiger partial charge in [0.15, 0.2) is 0 Å². The van der Waals surface area contributed by atoms with E-state index in [1.807, 2.05) is 19.0 Å². The van der Waals surface area contributed by atoms with E-state index >= 15 is 0 Å². The fourth-order valence-corrected chi connectivity index (χ4v) is 1.84. The normalized spacial score (nSPS) is 12.4. The van der Waals surface area contributed by atoms with Gasteiger partial charge in [-0.25, -0.2) is 4.68 Å². The van der Waals surface area contributed by atoms with Crippen LogP contribution in [0.2, 0.25) is 5.02 Å². The number of primary amides is 1. The van der Waals surface area contributed by atoms with Gasteiger partial charge in [-0.2, -0.15) is 5.10 Å². The van der Waals surface area contributed by atoms with Crippen LogP contribution in [0.15, 0.2) is 11.0 Å². The Hall–Kier alpha value is -1.60. The lowest BCUT2D eigenvalue weighted by molar-refractivity contribution is -0.118. The van der Waals surface area contributed by atoms with Gasteiger partial charge in [0.25, 0.3) is 5.56 Å². The molecule has 1 aromatic rings. The maximum atomic E-state index is 12.0. The molecule has 1 amide bonds. The van der Waals surface area contributed by atoms with E-state index in [-0.39, 0.29) is 23.0 Å². The van der Waals surface area contributed by atoms with Gasteiger partial charge < -0.3 is 16.0 Å². The van der Waals surface area contributed by atoms with Gasteiger partial charge in [0.05, 0.1) is 18.4 Å². The van der Waals surface area contributed by atoms with Crippen molar-refractivity contribution in [2.45, 2.75) is 25.9 Å². The number of anilines is 1. The van der Waals surface area contributed by atoms with Gasteiger partial charge in [-0.15, -0.1) is 0 Å². The van der Waals surface area contributed by atoms with Crippen molar-refractivity contribution in [1.82, 2.24) is 14.7 Å².